The average Bonchev–Trinajstić information content (AvgIpc) is 3.34. The normalized spacial score (nSPS) is 13.5. The maximum atomic E-state index is 12.0. The van der Waals surface area contributed by atoms with Crippen molar-refractivity contribution in [3.8, 4) is 17.2 Å². The number of nitrogens with one attached hydrogen (secondary N) is 2. The summed E-state index contributed by atoms with van der Waals surface area (Å²) < 4.78 is 16.0. The highest BCUT2D eigenvalue weighted by molar-refractivity contribution is 5.77. The van der Waals surface area contributed by atoms with Crippen LogP contribution in [0.3, 0.4) is 0 Å². The van der Waals surface area contributed by atoms with Gasteiger partial charge >= 0.3 is 0 Å². The van der Waals surface area contributed by atoms with Crippen molar-refractivity contribution in [2.75, 3.05) is 19.9 Å². The summed E-state index contributed by atoms with van der Waals surface area (Å²) in [6, 6.07) is 12.9. The Hall–Kier alpha value is -3.26. The van der Waals surface area contributed by atoms with Crippen LogP contribution in [0.4, 0.5) is 0 Å². The Morgan fingerprint density at radius 3 is 3.00 bits per heavy atom. The van der Waals surface area contributed by atoms with E-state index >= 15 is 0 Å². The summed E-state index contributed by atoms with van der Waals surface area (Å²) in [6.07, 6.45) is -0.0274. The zero-order valence-corrected chi connectivity index (χ0v) is 15.2. The lowest BCUT2D eigenvalue weighted by molar-refractivity contribution is -0.121. The molecule has 0 saturated heterocycles. The number of ether oxygens (including phenoxy) is 3. The number of rotatable bonds is 8. The Bertz CT molecular complexity index is 938. The first-order valence-electron chi connectivity index (χ1n) is 9.08. The fraction of sp³-hybridized carbons (Fsp3) is 0.300. The number of carbonyl (C=O) groups excluding carboxylic acids is 1. The van der Waals surface area contributed by atoms with Crippen molar-refractivity contribution in [3.63, 3.8) is 0 Å². The van der Waals surface area contributed by atoms with Crippen LogP contribution in [0.25, 0.3) is 11.0 Å². The molecule has 0 spiro atoms. The number of para-hydroxylation sites is 2. The lowest BCUT2D eigenvalue weighted by Crippen LogP contribution is -2.35. The largest absolute Gasteiger partial charge is 0.491 e. The summed E-state index contributed by atoms with van der Waals surface area (Å²) in [5.74, 6) is 2.47. The van der Waals surface area contributed by atoms with Crippen LogP contribution in [0.15, 0.2) is 42.5 Å². The van der Waals surface area contributed by atoms with E-state index in [-0.39, 0.29) is 32.3 Å². The van der Waals surface area contributed by atoms with E-state index in [1.807, 2.05) is 24.3 Å². The third kappa shape index (κ3) is 4.34. The minimum absolute atomic E-state index is 0.0590. The van der Waals surface area contributed by atoms with Gasteiger partial charge in [0.2, 0.25) is 12.7 Å². The van der Waals surface area contributed by atoms with Crippen molar-refractivity contribution in [1.82, 2.24) is 15.3 Å². The van der Waals surface area contributed by atoms with Crippen LogP contribution < -0.4 is 19.5 Å². The zero-order valence-electron chi connectivity index (χ0n) is 15.2. The van der Waals surface area contributed by atoms with Gasteiger partial charge in [-0.3, -0.25) is 4.79 Å². The number of amides is 1. The smallest absolute Gasteiger partial charge is 0.231 e. The molecule has 1 aromatic heterocycles. The average molecular weight is 383 g/mol. The number of H-pyrrole nitrogens is 1. The van der Waals surface area contributed by atoms with Crippen LogP contribution in [0.5, 0.6) is 17.2 Å². The predicted molar refractivity (Wildman–Crippen MR) is 101 cm³/mol. The third-order valence-electron chi connectivity index (χ3n) is 4.35. The molecule has 3 N–H and O–H groups in total. The van der Waals surface area contributed by atoms with Crippen LogP contribution in [-0.4, -0.2) is 47.0 Å². The summed E-state index contributed by atoms with van der Waals surface area (Å²) >= 11 is 0. The molecule has 0 radical (unpaired) electrons. The molecule has 0 fully saturated rings. The molecule has 8 nitrogen and oxygen atoms in total. The minimum atomic E-state index is -0.819. The molecule has 1 unspecified atom stereocenters. The van der Waals surface area contributed by atoms with Crippen LogP contribution in [-0.2, 0) is 11.2 Å². The highest BCUT2D eigenvalue weighted by Crippen LogP contribution is 2.35. The molecule has 2 heterocycles. The van der Waals surface area contributed by atoms with Crippen molar-refractivity contribution < 1.29 is 24.1 Å². The molecular weight excluding hydrogens is 362 g/mol. The monoisotopic (exact) mass is 383 g/mol. The van der Waals surface area contributed by atoms with E-state index in [1.165, 1.54) is 0 Å². The van der Waals surface area contributed by atoms with Gasteiger partial charge in [0.05, 0.1) is 11.0 Å². The molecule has 1 atom stereocenters. The molecule has 1 amide bonds. The summed E-state index contributed by atoms with van der Waals surface area (Å²) in [5.41, 5.74) is 1.84. The number of aliphatic hydroxyl groups excluding tert-OH is 1. The fourth-order valence-electron chi connectivity index (χ4n) is 2.89. The topological polar surface area (TPSA) is 106 Å². The molecular formula is C20H21N3O5. The molecule has 1 aliphatic rings. The molecule has 3 aromatic rings. The maximum absolute atomic E-state index is 12.0. The summed E-state index contributed by atoms with van der Waals surface area (Å²) in [5, 5.41) is 12.7. The van der Waals surface area contributed by atoms with Crippen LogP contribution >= 0.6 is 0 Å². The van der Waals surface area contributed by atoms with Crippen molar-refractivity contribution in [1.29, 1.82) is 0 Å². The van der Waals surface area contributed by atoms with Crippen molar-refractivity contribution >= 4 is 16.9 Å². The van der Waals surface area contributed by atoms with Gasteiger partial charge in [0, 0.05) is 25.5 Å². The number of aryl methyl sites for hydroxylation is 1. The van der Waals surface area contributed by atoms with Gasteiger partial charge in [0.15, 0.2) is 11.5 Å². The minimum Gasteiger partial charge on any atom is -0.491 e. The first-order valence-corrected chi connectivity index (χ1v) is 9.08. The standard InChI is InChI=1S/C20H21N3O5/c24-13(11-26-14-5-6-17-18(9-14)28-12-27-17)10-21-20(25)8-7-19-22-15-3-1-2-4-16(15)23-19/h1-6,9,13,24H,7-8,10-12H2,(H,21,25)(H,22,23). The number of benzene rings is 2. The Morgan fingerprint density at radius 2 is 2.11 bits per heavy atom. The Kier molecular flexibility index (Phi) is 5.29. The van der Waals surface area contributed by atoms with Crippen molar-refractivity contribution in [2.45, 2.75) is 18.9 Å². The first-order chi connectivity index (χ1) is 13.7. The van der Waals surface area contributed by atoms with Gasteiger partial charge in [-0.25, -0.2) is 4.98 Å². The van der Waals surface area contributed by atoms with Gasteiger partial charge in [0.1, 0.15) is 24.3 Å². The number of aliphatic hydroxyl groups is 1. The van der Waals surface area contributed by atoms with E-state index in [9.17, 15) is 9.90 Å². The molecule has 8 heteroatoms. The van der Waals surface area contributed by atoms with Gasteiger partial charge in [-0.2, -0.15) is 0 Å². The van der Waals surface area contributed by atoms with Gasteiger partial charge < -0.3 is 29.6 Å². The van der Waals surface area contributed by atoms with Gasteiger partial charge in [0.25, 0.3) is 0 Å². The molecule has 146 valence electrons. The fourth-order valence-corrected chi connectivity index (χ4v) is 2.89. The van der Waals surface area contributed by atoms with Crippen molar-refractivity contribution in [2.24, 2.45) is 0 Å². The Balaban J connectivity index is 1.18. The van der Waals surface area contributed by atoms with E-state index in [4.69, 9.17) is 14.2 Å². The van der Waals surface area contributed by atoms with E-state index in [0.717, 1.165) is 16.9 Å². The van der Waals surface area contributed by atoms with Gasteiger partial charge in [-0.1, -0.05) is 12.1 Å². The molecule has 2 aromatic carbocycles. The number of aromatic amines is 1. The lowest BCUT2D eigenvalue weighted by Gasteiger charge is -2.13. The second kappa shape index (κ2) is 8.18. The molecule has 0 bridgehead atoms. The van der Waals surface area contributed by atoms with E-state index in [2.05, 4.69) is 15.3 Å². The molecule has 1 aliphatic heterocycles. The lowest BCUT2D eigenvalue weighted by atomic mass is 10.2. The number of carbonyl (C=O) groups is 1. The zero-order chi connectivity index (χ0) is 19.3. The maximum Gasteiger partial charge on any atom is 0.231 e. The Morgan fingerprint density at radius 1 is 1.25 bits per heavy atom. The number of fused-ring (bicyclic) bond motifs is 2. The van der Waals surface area contributed by atoms with E-state index in [1.54, 1.807) is 18.2 Å². The highest BCUT2D eigenvalue weighted by Gasteiger charge is 2.15. The summed E-state index contributed by atoms with van der Waals surface area (Å²) in [6.45, 7) is 0.370. The molecule has 0 saturated carbocycles. The number of hydrogen-bond acceptors (Lipinski definition) is 6. The SMILES string of the molecule is O=C(CCc1nc2ccccc2[nH]1)NCC(O)COc1ccc2c(c1)OCO2. The summed E-state index contributed by atoms with van der Waals surface area (Å²) in [4.78, 5) is 19.6. The number of aromatic nitrogens is 2. The molecule has 28 heavy (non-hydrogen) atoms. The quantitative estimate of drug-likeness (QED) is 0.548. The van der Waals surface area contributed by atoms with Crippen LogP contribution in [0.1, 0.15) is 12.2 Å². The summed E-state index contributed by atoms with van der Waals surface area (Å²) in [7, 11) is 0. The second-order valence-electron chi connectivity index (χ2n) is 6.48. The van der Waals surface area contributed by atoms with Gasteiger partial charge in [-0.05, 0) is 24.3 Å². The number of imidazole rings is 1. The highest BCUT2D eigenvalue weighted by atomic mass is 16.7. The van der Waals surface area contributed by atoms with Gasteiger partial charge in [-0.15, -0.1) is 0 Å². The van der Waals surface area contributed by atoms with Crippen LogP contribution in [0, 0.1) is 0 Å². The predicted octanol–water partition coefficient (Wildman–Crippen LogP) is 1.78. The molecule has 4 rings (SSSR count). The first kappa shape index (κ1) is 18.1. The number of nitrogens with zero attached hydrogens (tertiary/aromatic N) is 1. The van der Waals surface area contributed by atoms with Crippen molar-refractivity contribution in [3.05, 3.63) is 48.3 Å². The third-order valence-corrected chi connectivity index (χ3v) is 4.35. The van der Waals surface area contributed by atoms with Crippen LogP contribution in [0.2, 0.25) is 0 Å². The van der Waals surface area contributed by atoms with E-state index < -0.39 is 6.10 Å². The Labute approximate surface area is 161 Å². The van der Waals surface area contributed by atoms with E-state index in [0.29, 0.717) is 23.7 Å². The number of hydrogen-bond donors (Lipinski definition) is 3. The second-order valence-corrected chi connectivity index (χ2v) is 6.48. The molecule has 0 aliphatic carbocycles.